The number of aromatic nitrogens is 8. The fourth-order valence-electron chi connectivity index (χ4n) is 3.64. The first-order chi connectivity index (χ1) is 15.3. The molecule has 5 aromatic heterocycles. The summed E-state index contributed by atoms with van der Waals surface area (Å²) in [7, 11) is 0. The van der Waals surface area contributed by atoms with Gasteiger partial charge in [0.05, 0.1) is 16.7 Å². The normalized spacial score (nSPS) is 11.4. The molecule has 8 nitrogen and oxygen atoms in total. The Morgan fingerprint density at radius 3 is 2.55 bits per heavy atom. The molecule has 0 fully saturated rings. The molecular weight excluding hydrogens is 395 g/mol. The number of halogens is 1. The van der Waals surface area contributed by atoms with Crippen molar-refractivity contribution in [2.45, 2.75) is 0 Å². The molecule has 0 unspecified atom stereocenters. The van der Waals surface area contributed by atoms with Crippen LogP contribution in [0.3, 0.4) is 0 Å². The molecule has 0 bridgehead atoms. The van der Waals surface area contributed by atoms with E-state index in [-0.39, 0.29) is 5.82 Å². The van der Waals surface area contributed by atoms with Crippen LogP contribution in [0.2, 0.25) is 0 Å². The Kier molecular flexibility index (Phi) is 3.79. The van der Waals surface area contributed by atoms with Gasteiger partial charge in [-0.25, -0.2) is 19.3 Å². The van der Waals surface area contributed by atoms with Crippen LogP contribution in [-0.4, -0.2) is 40.1 Å². The number of rotatable bonds is 3. The summed E-state index contributed by atoms with van der Waals surface area (Å²) in [6.45, 7) is 0. The first-order valence-electron chi connectivity index (χ1n) is 9.46. The van der Waals surface area contributed by atoms with E-state index in [0.29, 0.717) is 33.7 Å². The number of benzene rings is 1. The summed E-state index contributed by atoms with van der Waals surface area (Å²) in [6.07, 6.45) is 9.73. The van der Waals surface area contributed by atoms with Gasteiger partial charge in [0, 0.05) is 59.1 Å². The fourth-order valence-corrected chi connectivity index (χ4v) is 3.64. The first-order valence-corrected chi connectivity index (χ1v) is 9.46. The van der Waals surface area contributed by atoms with Crippen molar-refractivity contribution >= 4 is 21.9 Å². The lowest BCUT2D eigenvalue weighted by molar-refractivity contribution is 0.632. The average Bonchev–Trinajstić information content (AvgIpc) is 3.43. The van der Waals surface area contributed by atoms with Gasteiger partial charge >= 0.3 is 0 Å². The molecule has 9 heteroatoms. The van der Waals surface area contributed by atoms with Crippen LogP contribution in [0.5, 0.6) is 0 Å². The second kappa shape index (κ2) is 6.77. The smallest absolute Gasteiger partial charge is 0.159 e. The van der Waals surface area contributed by atoms with Crippen molar-refractivity contribution in [3.63, 3.8) is 0 Å². The maximum atomic E-state index is 14.7. The van der Waals surface area contributed by atoms with Crippen molar-refractivity contribution in [3.05, 3.63) is 73.5 Å². The van der Waals surface area contributed by atoms with Gasteiger partial charge < -0.3 is 4.98 Å². The van der Waals surface area contributed by atoms with Gasteiger partial charge in [0.25, 0.3) is 0 Å². The first kappa shape index (κ1) is 17.3. The molecule has 0 aliphatic carbocycles. The van der Waals surface area contributed by atoms with Gasteiger partial charge in [0.15, 0.2) is 5.82 Å². The Bertz CT molecular complexity index is 1540. The van der Waals surface area contributed by atoms with Crippen molar-refractivity contribution in [1.29, 1.82) is 0 Å². The third-order valence-electron chi connectivity index (χ3n) is 5.08. The summed E-state index contributed by atoms with van der Waals surface area (Å²) in [5, 5.41) is 8.01. The van der Waals surface area contributed by atoms with Gasteiger partial charge in [-0.3, -0.25) is 15.1 Å². The number of imidazole rings is 1. The lowest BCUT2D eigenvalue weighted by Crippen LogP contribution is -1.88. The van der Waals surface area contributed by atoms with E-state index in [4.69, 9.17) is 4.98 Å². The summed E-state index contributed by atoms with van der Waals surface area (Å²) >= 11 is 0. The van der Waals surface area contributed by atoms with Gasteiger partial charge in [0.1, 0.15) is 23.4 Å². The van der Waals surface area contributed by atoms with Crippen LogP contribution in [-0.2, 0) is 0 Å². The molecule has 5 heterocycles. The second-order valence-electron chi connectivity index (χ2n) is 6.96. The average molecular weight is 408 g/mol. The van der Waals surface area contributed by atoms with E-state index in [1.807, 2.05) is 18.2 Å². The van der Waals surface area contributed by atoms with E-state index < -0.39 is 0 Å². The molecule has 0 spiro atoms. The zero-order valence-electron chi connectivity index (χ0n) is 15.9. The van der Waals surface area contributed by atoms with E-state index >= 15 is 0 Å². The van der Waals surface area contributed by atoms with Crippen LogP contribution >= 0.6 is 0 Å². The molecule has 0 atom stereocenters. The van der Waals surface area contributed by atoms with Gasteiger partial charge in [-0.15, -0.1) is 0 Å². The molecule has 0 aliphatic heterocycles. The summed E-state index contributed by atoms with van der Waals surface area (Å²) in [4.78, 5) is 24.7. The minimum atomic E-state index is -0.384. The highest BCUT2D eigenvalue weighted by Gasteiger charge is 2.18. The molecule has 0 radical (unpaired) electrons. The maximum absolute atomic E-state index is 14.7. The van der Waals surface area contributed by atoms with Crippen molar-refractivity contribution in [2.75, 3.05) is 0 Å². The summed E-state index contributed by atoms with van der Waals surface area (Å²) in [6, 6.07) is 8.79. The van der Waals surface area contributed by atoms with Gasteiger partial charge in [-0.05, 0) is 24.3 Å². The van der Waals surface area contributed by atoms with Crippen LogP contribution in [0, 0.1) is 5.82 Å². The third-order valence-corrected chi connectivity index (χ3v) is 5.08. The van der Waals surface area contributed by atoms with Crippen LogP contribution in [0.15, 0.2) is 67.6 Å². The van der Waals surface area contributed by atoms with Crippen molar-refractivity contribution < 1.29 is 4.39 Å². The lowest BCUT2D eigenvalue weighted by Gasteiger charge is -2.03. The number of pyridine rings is 2. The number of nitrogens with one attached hydrogen (secondary N) is 2. The summed E-state index contributed by atoms with van der Waals surface area (Å²) < 4.78 is 14.7. The fraction of sp³-hybridized carbons (Fsp3) is 0. The number of fused-ring (bicyclic) bond motifs is 2. The van der Waals surface area contributed by atoms with Crippen LogP contribution in [0.1, 0.15) is 0 Å². The number of hydrogen-bond acceptors (Lipinski definition) is 6. The molecule has 2 N–H and O–H groups in total. The standard InChI is InChI=1S/C22H13FN8/c23-16-7-18-15(6-14(16)13-9-25-11-26-10-13)20(31-30-18)22-28-17-3-5-27-19(21(17)29-22)12-2-1-4-24-8-12/h1-11H,(H,28,29)(H,30,31). The molecule has 1 aromatic carbocycles. The van der Waals surface area contributed by atoms with E-state index in [9.17, 15) is 4.39 Å². The summed E-state index contributed by atoms with van der Waals surface area (Å²) in [5.41, 5.74) is 5.25. The monoisotopic (exact) mass is 408 g/mol. The minimum absolute atomic E-state index is 0.384. The number of nitrogens with zero attached hydrogens (tertiary/aromatic N) is 6. The topological polar surface area (TPSA) is 109 Å². The number of hydrogen-bond donors (Lipinski definition) is 2. The van der Waals surface area contributed by atoms with Gasteiger partial charge in [-0.2, -0.15) is 5.10 Å². The van der Waals surface area contributed by atoms with E-state index in [2.05, 4.69) is 35.1 Å². The summed E-state index contributed by atoms with van der Waals surface area (Å²) in [5.74, 6) is 0.173. The Morgan fingerprint density at radius 2 is 1.71 bits per heavy atom. The molecule has 0 saturated carbocycles. The highest BCUT2D eigenvalue weighted by atomic mass is 19.1. The Hall–Kier alpha value is -4.53. The predicted molar refractivity (Wildman–Crippen MR) is 113 cm³/mol. The van der Waals surface area contributed by atoms with Crippen LogP contribution < -0.4 is 0 Å². The Balaban J connectivity index is 1.54. The maximum Gasteiger partial charge on any atom is 0.159 e. The second-order valence-corrected chi connectivity index (χ2v) is 6.96. The van der Waals surface area contributed by atoms with E-state index in [1.165, 1.54) is 12.4 Å². The molecule has 31 heavy (non-hydrogen) atoms. The van der Waals surface area contributed by atoms with E-state index in [0.717, 1.165) is 22.2 Å². The highest BCUT2D eigenvalue weighted by Crippen LogP contribution is 2.33. The van der Waals surface area contributed by atoms with Crippen LogP contribution in [0.4, 0.5) is 4.39 Å². The lowest BCUT2D eigenvalue weighted by atomic mass is 10.0. The zero-order chi connectivity index (χ0) is 20.8. The molecule has 0 aliphatic rings. The molecule has 148 valence electrons. The third kappa shape index (κ3) is 2.83. The molecule has 6 aromatic rings. The zero-order valence-corrected chi connectivity index (χ0v) is 15.9. The van der Waals surface area contributed by atoms with Gasteiger partial charge in [0.2, 0.25) is 0 Å². The van der Waals surface area contributed by atoms with Crippen molar-refractivity contribution in [3.8, 4) is 33.9 Å². The highest BCUT2D eigenvalue weighted by molar-refractivity contribution is 5.97. The van der Waals surface area contributed by atoms with Gasteiger partial charge in [-0.1, -0.05) is 0 Å². The number of H-pyrrole nitrogens is 2. The van der Waals surface area contributed by atoms with Crippen molar-refractivity contribution in [2.24, 2.45) is 0 Å². The van der Waals surface area contributed by atoms with E-state index in [1.54, 1.807) is 37.1 Å². The molecule has 6 rings (SSSR count). The Labute approximate surface area is 174 Å². The van der Waals surface area contributed by atoms with Crippen LogP contribution in [0.25, 0.3) is 55.8 Å². The predicted octanol–water partition coefficient (Wildman–Crippen LogP) is 4.16. The minimum Gasteiger partial charge on any atom is -0.336 e. The largest absolute Gasteiger partial charge is 0.336 e. The molecule has 0 saturated heterocycles. The number of aromatic amines is 2. The Morgan fingerprint density at radius 1 is 0.839 bits per heavy atom. The quantitative estimate of drug-likeness (QED) is 0.455. The molecular formula is C22H13FN8. The molecule has 0 amide bonds. The SMILES string of the molecule is Fc1cc2[nH]nc(-c3nc4c(-c5cccnc5)nccc4[nH]3)c2cc1-c1cncnc1. The van der Waals surface area contributed by atoms with Crippen molar-refractivity contribution in [1.82, 2.24) is 40.1 Å².